The van der Waals surface area contributed by atoms with Crippen LogP contribution in [-0.2, 0) is 32.1 Å². The highest BCUT2D eigenvalue weighted by Crippen LogP contribution is 2.10. The highest BCUT2D eigenvalue weighted by atomic mass is 35.5. The third kappa shape index (κ3) is 17.0. The van der Waals surface area contributed by atoms with Crippen molar-refractivity contribution in [3.63, 3.8) is 0 Å². The van der Waals surface area contributed by atoms with Crippen LogP contribution in [0.3, 0.4) is 0 Å². The lowest BCUT2D eigenvalue weighted by Crippen LogP contribution is -2.09. The van der Waals surface area contributed by atoms with Crippen molar-refractivity contribution in [1.29, 1.82) is 0 Å². The fourth-order valence-electron chi connectivity index (χ4n) is 1.93. The van der Waals surface area contributed by atoms with E-state index in [1.54, 1.807) is 0 Å². The van der Waals surface area contributed by atoms with E-state index < -0.39 is 11.9 Å². The number of hydrogen-bond donors (Lipinski definition) is 4. The first-order valence-electron chi connectivity index (χ1n) is 9.18. The second kappa shape index (κ2) is 19.0. The van der Waals surface area contributed by atoms with Gasteiger partial charge in [0.25, 0.3) is 0 Å². The van der Waals surface area contributed by atoms with Crippen LogP contribution in [0.1, 0.15) is 11.1 Å². The van der Waals surface area contributed by atoms with Gasteiger partial charge >= 0.3 is 11.9 Å². The van der Waals surface area contributed by atoms with E-state index in [0.717, 1.165) is 22.9 Å². The van der Waals surface area contributed by atoms with Gasteiger partial charge in [-0.2, -0.15) is 0 Å². The van der Waals surface area contributed by atoms with Crippen LogP contribution in [0.25, 0.3) is 0 Å². The molecular formula is C22H26Cl2N2O6. The van der Waals surface area contributed by atoms with Crippen molar-refractivity contribution in [2.45, 2.75) is 12.8 Å². The largest absolute Gasteiger partial charge is 0.473 e. The molecule has 0 amide bonds. The molecule has 2 rings (SSSR count). The third-order valence-electron chi connectivity index (χ3n) is 3.43. The van der Waals surface area contributed by atoms with E-state index in [1.807, 2.05) is 72.8 Å². The smallest absolute Gasteiger partial charge is 0.414 e. The van der Waals surface area contributed by atoms with Gasteiger partial charge in [-0.05, 0) is 48.2 Å². The lowest BCUT2D eigenvalue weighted by molar-refractivity contribution is -0.159. The molecule has 0 spiro atoms. The average molecular weight is 485 g/mol. The van der Waals surface area contributed by atoms with Crippen LogP contribution in [-0.4, -0.2) is 35.4 Å². The Labute approximate surface area is 196 Å². The SMILES string of the molecule is NOC/C=C/Cc1ccc(Cl)cc1.NOC/C=C/Cc1ccc(Cl)cc1.O=C(O)C(=O)O. The van der Waals surface area contributed by atoms with Crippen LogP contribution >= 0.6 is 23.2 Å². The van der Waals surface area contributed by atoms with Crippen molar-refractivity contribution in [1.82, 2.24) is 0 Å². The number of rotatable bonds is 8. The summed E-state index contributed by atoms with van der Waals surface area (Å²) in [5.41, 5.74) is 2.44. The molecule has 0 fully saturated rings. The fourth-order valence-corrected chi connectivity index (χ4v) is 2.18. The number of benzene rings is 2. The summed E-state index contributed by atoms with van der Waals surface area (Å²) in [6.07, 6.45) is 9.54. The molecule has 0 saturated heterocycles. The van der Waals surface area contributed by atoms with E-state index >= 15 is 0 Å². The molecule has 0 atom stereocenters. The number of nitrogens with two attached hydrogens (primary N) is 2. The number of hydrogen-bond acceptors (Lipinski definition) is 6. The quantitative estimate of drug-likeness (QED) is 0.251. The Hall–Kier alpha value is -2.72. The Morgan fingerprint density at radius 3 is 1.25 bits per heavy atom. The summed E-state index contributed by atoms with van der Waals surface area (Å²) >= 11 is 11.5. The van der Waals surface area contributed by atoms with Gasteiger partial charge in [0.05, 0.1) is 13.2 Å². The molecule has 2 aromatic carbocycles. The predicted octanol–water partition coefficient (Wildman–Crippen LogP) is 3.81. The molecule has 0 aromatic heterocycles. The first-order chi connectivity index (χ1) is 15.3. The summed E-state index contributed by atoms with van der Waals surface area (Å²) in [7, 11) is 0. The Balaban J connectivity index is 0.000000484. The molecule has 2 aromatic rings. The Bertz CT molecular complexity index is 769. The van der Waals surface area contributed by atoms with Crippen LogP contribution < -0.4 is 11.8 Å². The van der Waals surface area contributed by atoms with Gasteiger partial charge in [-0.3, -0.25) is 0 Å². The number of carbonyl (C=O) groups is 2. The first-order valence-corrected chi connectivity index (χ1v) is 9.94. The molecule has 0 heterocycles. The van der Waals surface area contributed by atoms with Gasteiger partial charge in [0.1, 0.15) is 0 Å². The molecule has 8 nitrogen and oxygen atoms in total. The molecule has 0 aliphatic carbocycles. The molecular weight excluding hydrogens is 459 g/mol. The van der Waals surface area contributed by atoms with Crippen molar-refractivity contribution in [3.8, 4) is 0 Å². The van der Waals surface area contributed by atoms with Crippen molar-refractivity contribution >= 4 is 35.1 Å². The van der Waals surface area contributed by atoms with Crippen molar-refractivity contribution in [3.05, 3.63) is 94.0 Å². The maximum atomic E-state index is 9.10. The molecule has 0 aliphatic rings. The topological polar surface area (TPSA) is 145 Å². The summed E-state index contributed by atoms with van der Waals surface area (Å²) in [4.78, 5) is 27.0. The van der Waals surface area contributed by atoms with E-state index in [9.17, 15) is 0 Å². The average Bonchev–Trinajstić information content (AvgIpc) is 2.78. The van der Waals surface area contributed by atoms with Crippen LogP contribution in [0.5, 0.6) is 0 Å². The third-order valence-corrected chi connectivity index (χ3v) is 3.94. The van der Waals surface area contributed by atoms with Gasteiger partial charge in [-0.1, -0.05) is 71.8 Å². The zero-order valence-electron chi connectivity index (χ0n) is 17.2. The Morgan fingerprint density at radius 1 is 0.688 bits per heavy atom. The lowest BCUT2D eigenvalue weighted by atomic mass is 10.1. The number of carboxylic acids is 2. The van der Waals surface area contributed by atoms with Crippen molar-refractivity contribution < 1.29 is 29.5 Å². The van der Waals surface area contributed by atoms with Gasteiger partial charge in [0, 0.05) is 10.0 Å². The molecule has 0 saturated carbocycles. The summed E-state index contributed by atoms with van der Waals surface area (Å²) in [6.45, 7) is 0.904. The van der Waals surface area contributed by atoms with E-state index in [1.165, 1.54) is 11.1 Å². The van der Waals surface area contributed by atoms with Gasteiger partial charge in [0.15, 0.2) is 0 Å². The number of halogens is 2. The monoisotopic (exact) mass is 484 g/mol. The Kier molecular flexibility index (Phi) is 17.4. The molecule has 32 heavy (non-hydrogen) atoms. The minimum atomic E-state index is -1.82. The van der Waals surface area contributed by atoms with Crippen molar-refractivity contribution in [2.75, 3.05) is 13.2 Å². The molecule has 0 unspecified atom stereocenters. The second-order valence-electron chi connectivity index (χ2n) is 5.88. The summed E-state index contributed by atoms with van der Waals surface area (Å²) < 4.78 is 0. The van der Waals surface area contributed by atoms with E-state index in [2.05, 4.69) is 9.68 Å². The van der Waals surface area contributed by atoms with E-state index in [0.29, 0.717) is 13.2 Å². The maximum Gasteiger partial charge on any atom is 0.414 e. The summed E-state index contributed by atoms with van der Waals surface area (Å²) in [5.74, 6) is 6.07. The molecule has 6 N–H and O–H groups in total. The highest BCUT2D eigenvalue weighted by Gasteiger charge is 2.04. The van der Waals surface area contributed by atoms with Crippen molar-refractivity contribution in [2.24, 2.45) is 11.8 Å². The first kappa shape index (κ1) is 29.3. The minimum absolute atomic E-state index is 0.452. The Morgan fingerprint density at radius 2 is 1.00 bits per heavy atom. The zero-order chi connectivity index (χ0) is 24.2. The molecule has 0 radical (unpaired) electrons. The van der Waals surface area contributed by atoms with Crippen LogP contribution in [0.15, 0.2) is 72.8 Å². The fraction of sp³-hybridized carbons (Fsp3) is 0.182. The highest BCUT2D eigenvalue weighted by molar-refractivity contribution is 6.30. The van der Waals surface area contributed by atoms with Crippen LogP contribution in [0, 0.1) is 0 Å². The summed E-state index contributed by atoms with van der Waals surface area (Å²) in [5, 5.41) is 16.3. The van der Waals surface area contributed by atoms with Gasteiger partial charge in [0.2, 0.25) is 0 Å². The molecule has 10 heteroatoms. The van der Waals surface area contributed by atoms with Gasteiger partial charge < -0.3 is 19.9 Å². The van der Waals surface area contributed by atoms with Crippen LogP contribution in [0.2, 0.25) is 10.0 Å². The number of allylic oxidation sites excluding steroid dienone is 2. The maximum absolute atomic E-state index is 9.10. The molecule has 0 bridgehead atoms. The predicted molar refractivity (Wildman–Crippen MR) is 124 cm³/mol. The zero-order valence-corrected chi connectivity index (χ0v) is 18.7. The number of carboxylic acid groups (broad SMARTS) is 2. The summed E-state index contributed by atoms with van der Waals surface area (Å²) in [6, 6.07) is 15.5. The van der Waals surface area contributed by atoms with Crippen LogP contribution in [0.4, 0.5) is 0 Å². The number of aliphatic carboxylic acids is 2. The van der Waals surface area contributed by atoms with Gasteiger partial charge in [-0.25, -0.2) is 21.4 Å². The normalized spacial score (nSPS) is 10.2. The molecule has 0 aliphatic heterocycles. The van der Waals surface area contributed by atoms with Gasteiger partial charge in [-0.15, -0.1) is 0 Å². The standard InChI is InChI=1S/2C10H12ClNO.C2H2O4/c2*11-10-6-4-9(5-7-10)3-1-2-8-13-12;3-1(4)2(5)6/h2*1-2,4-7H,3,8,12H2;(H,3,4)(H,5,6)/b2*2-1+;. The minimum Gasteiger partial charge on any atom is -0.473 e. The lowest BCUT2D eigenvalue weighted by Gasteiger charge is -1.95. The van der Waals surface area contributed by atoms with E-state index in [4.69, 9.17) is 54.8 Å². The van der Waals surface area contributed by atoms with E-state index in [-0.39, 0.29) is 0 Å². The molecule has 174 valence electrons. The second-order valence-corrected chi connectivity index (χ2v) is 6.75.